The van der Waals surface area contributed by atoms with E-state index in [9.17, 15) is 4.79 Å². The van der Waals surface area contributed by atoms with Crippen molar-refractivity contribution in [1.82, 2.24) is 0 Å². The predicted octanol–water partition coefficient (Wildman–Crippen LogP) is 3.24. The van der Waals surface area contributed by atoms with Crippen LogP contribution in [0.1, 0.15) is 39.5 Å². The molecule has 1 unspecified atom stereocenters. The highest BCUT2D eigenvalue weighted by Crippen LogP contribution is 2.50. The van der Waals surface area contributed by atoms with E-state index in [1.807, 2.05) is 19.9 Å². The van der Waals surface area contributed by atoms with Gasteiger partial charge in [0.1, 0.15) is 0 Å². The van der Waals surface area contributed by atoms with Crippen LogP contribution in [0.3, 0.4) is 0 Å². The molecule has 16 heavy (non-hydrogen) atoms. The lowest BCUT2D eigenvalue weighted by Gasteiger charge is -2.36. The Hall–Kier alpha value is -1.05. The molecule has 0 saturated heterocycles. The number of hydrogen-bond donors (Lipinski definition) is 0. The zero-order valence-electron chi connectivity index (χ0n) is 10.2. The van der Waals surface area contributed by atoms with Crippen molar-refractivity contribution in [3.05, 3.63) is 23.8 Å². The van der Waals surface area contributed by atoms with Crippen LogP contribution in [-0.4, -0.2) is 12.6 Å². The van der Waals surface area contributed by atoms with Crippen LogP contribution >= 0.6 is 0 Å². The molecule has 0 aromatic heterocycles. The molecule has 1 atom stereocenters. The molecule has 0 aliphatic heterocycles. The van der Waals surface area contributed by atoms with Gasteiger partial charge in [-0.2, -0.15) is 0 Å². The fourth-order valence-electron chi connectivity index (χ4n) is 3.17. The third-order valence-electron chi connectivity index (χ3n) is 3.87. The smallest absolute Gasteiger partial charge is 0.313 e. The summed E-state index contributed by atoms with van der Waals surface area (Å²) >= 11 is 0. The number of carbonyl (C=O) groups is 1. The van der Waals surface area contributed by atoms with Crippen molar-refractivity contribution < 1.29 is 9.53 Å². The van der Waals surface area contributed by atoms with Crippen LogP contribution in [0.5, 0.6) is 0 Å². The molecule has 0 heterocycles. The Morgan fingerprint density at radius 1 is 1.50 bits per heavy atom. The van der Waals surface area contributed by atoms with E-state index >= 15 is 0 Å². The summed E-state index contributed by atoms with van der Waals surface area (Å²) in [6.45, 7) is 4.39. The normalized spacial score (nSPS) is 26.9. The van der Waals surface area contributed by atoms with Crippen LogP contribution in [0.2, 0.25) is 0 Å². The number of carbonyl (C=O) groups excluding carboxylic acids is 1. The summed E-state index contributed by atoms with van der Waals surface area (Å²) in [5.74, 6) is -0.0811. The van der Waals surface area contributed by atoms with Crippen molar-refractivity contribution in [2.24, 2.45) is 11.3 Å². The van der Waals surface area contributed by atoms with E-state index in [0.29, 0.717) is 6.61 Å². The Morgan fingerprint density at radius 3 is 2.81 bits per heavy atom. The number of esters is 1. The first kappa shape index (κ1) is 11.4. The summed E-state index contributed by atoms with van der Waals surface area (Å²) in [6.07, 6.45) is 11.1. The molecule has 1 spiro atoms. The van der Waals surface area contributed by atoms with Gasteiger partial charge in [0.05, 0.1) is 12.5 Å². The Morgan fingerprint density at radius 2 is 2.19 bits per heavy atom. The monoisotopic (exact) mass is 220 g/mol. The van der Waals surface area contributed by atoms with Gasteiger partial charge in [0.2, 0.25) is 0 Å². The van der Waals surface area contributed by atoms with Gasteiger partial charge >= 0.3 is 5.97 Å². The maximum atomic E-state index is 12.1. The summed E-state index contributed by atoms with van der Waals surface area (Å²) in [5.41, 5.74) is 1.22. The van der Waals surface area contributed by atoms with Gasteiger partial charge in [-0.15, -0.1) is 0 Å². The molecule has 0 aromatic rings. The topological polar surface area (TPSA) is 26.3 Å². The van der Waals surface area contributed by atoms with E-state index in [4.69, 9.17) is 4.74 Å². The molecular weight excluding hydrogens is 200 g/mol. The Kier molecular flexibility index (Phi) is 3.17. The SMILES string of the molecule is CCOC(=O)C1C(C)=CC=CC12CCCC2. The van der Waals surface area contributed by atoms with E-state index in [1.54, 1.807) is 0 Å². The molecule has 0 amide bonds. The minimum Gasteiger partial charge on any atom is -0.466 e. The van der Waals surface area contributed by atoms with Crippen molar-refractivity contribution in [1.29, 1.82) is 0 Å². The van der Waals surface area contributed by atoms with Crippen molar-refractivity contribution >= 4 is 5.97 Å². The van der Waals surface area contributed by atoms with Gasteiger partial charge in [0, 0.05) is 5.41 Å². The zero-order valence-corrected chi connectivity index (χ0v) is 10.2. The summed E-state index contributed by atoms with van der Waals surface area (Å²) in [5, 5.41) is 0. The molecule has 0 aromatic carbocycles. The van der Waals surface area contributed by atoms with Gasteiger partial charge < -0.3 is 4.74 Å². The second-order valence-electron chi connectivity index (χ2n) is 4.90. The van der Waals surface area contributed by atoms with Crippen molar-refractivity contribution in [2.75, 3.05) is 6.61 Å². The van der Waals surface area contributed by atoms with Crippen LogP contribution in [0, 0.1) is 11.3 Å². The zero-order chi connectivity index (χ0) is 11.6. The first-order valence-electron chi connectivity index (χ1n) is 6.22. The standard InChI is InChI=1S/C14H20O2/c1-3-16-13(15)12-11(2)7-6-10-14(12)8-4-5-9-14/h6-7,10,12H,3-5,8-9H2,1-2H3. The Labute approximate surface area is 97.4 Å². The first-order chi connectivity index (χ1) is 7.69. The molecule has 88 valence electrons. The van der Waals surface area contributed by atoms with Crippen LogP contribution in [0.4, 0.5) is 0 Å². The summed E-state index contributed by atoms with van der Waals surface area (Å²) in [4.78, 5) is 12.1. The lowest BCUT2D eigenvalue weighted by Crippen LogP contribution is -2.35. The first-order valence-corrected chi connectivity index (χ1v) is 6.22. The molecule has 0 bridgehead atoms. The highest BCUT2D eigenvalue weighted by Gasteiger charge is 2.45. The predicted molar refractivity (Wildman–Crippen MR) is 63.9 cm³/mol. The third kappa shape index (κ3) is 1.81. The van der Waals surface area contributed by atoms with E-state index in [0.717, 1.165) is 18.4 Å². The van der Waals surface area contributed by atoms with E-state index in [1.165, 1.54) is 12.8 Å². The molecule has 2 aliphatic rings. The maximum Gasteiger partial charge on any atom is 0.313 e. The number of hydrogen-bond acceptors (Lipinski definition) is 2. The number of rotatable bonds is 2. The maximum absolute atomic E-state index is 12.1. The quantitative estimate of drug-likeness (QED) is 0.668. The second-order valence-corrected chi connectivity index (χ2v) is 4.90. The second kappa shape index (κ2) is 4.44. The van der Waals surface area contributed by atoms with Crippen molar-refractivity contribution in [2.45, 2.75) is 39.5 Å². The van der Waals surface area contributed by atoms with Gasteiger partial charge in [-0.25, -0.2) is 0 Å². The summed E-state index contributed by atoms with van der Waals surface area (Å²) < 4.78 is 5.22. The summed E-state index contributed by atoms with van der Waals surface area (Å²) in [6, 6.07) is 0. The fraction of sp³-hybridized carbons (Fsp3) is 0.643. The van der Waals surface area contributed by atoms with E-state index in [2.05, 4.69) is 12.2 Å². The van der Waals surface area contributed by atoms with Crippen LogP contribution < -0.4 is 0 Å². The lowest BCUT2D eigenvalue weighted by atomic mass is 9.68. The average molecular weight is 220 g/mol. The van der Waals surface area contributed by atoms with Crippen molar-refractivity contribution in [3.63, 3.8) is 0 Å². The van der Waals surface area contributed by atoms with Gasteiger partial charge in [-0.05, 0) is 26.7 Å². The Bertz CT molecular complexity index is 333. The van der Waals surface area contributed by atoms with Gasteiger partial charge in [-0.3, -0.25) is 4.79 Å². The van der Waals surface area contributed by atoms with Gasteiger partial charge in [0.25, 0.3) is 0 Å². The molecule has 2 aliphatic carbocycles. The lowest BCUT2D eigenvalue weighted by molar-refractivity contribution is -0.150. The number of ether oxygens (including phenoxy) is 1. The fourth-order valence-corrected chi connectivity index (χ4v) is 3.17. The average Bonchev–Trinajstić information content (AvgIpc) is 2.67. The number of allylic oxidation sites excluding steroid dienone is 3. The van der Waals surface area contributed by atoms with Crippen LogP contribution in [-0.2, 0) is 9.53 Å². The molecule has 0 radical (unpaired) electrons. The highest BCUT2D eigenvalue weighted by molar-refractivity contribution is 5.78. The van der Waals surface area contributed by atoms with Crippen LogP contribution in [0.15, 0.2) is 23.8 Å². The van der Waals surface area contributed by atoms with Crippen LogP contribution in [0.25, 0.3) is 0 Å². The van der Waals surface area contributed by atoms with E-state index in [-0.39, 0.29) is 17.3 Å². The molecule has 1 fully saturated rings. The minimum absolute atomic E-state index is 0.0394. The van der Waals surface area contributed by atoms with Gasteiger partial charge in [0.15, 0.2) is 0 Å². The van der Waals surface area contributed by atoms with Gasteiger partial charge in [-0.1, -0.05) is 36.6 Å². The largest absolute Gasteiger partial charge is 0.466 e. The molecule has 2 heteroatoms. The Balaban J connectivity index is 2.27. The minimum atomic E-state index is -0.0417. The molecule has 2 nitrogen and oxygen atoms in total. The van der Waals surface area contributed by atoms with Crippen molar-refractivity contribution in [3.8, 4) is 0 Å². The third-order valence-corrected chi connectivity index (χ3v) is 3.87. The molecule has 0 N–H and O–H groups in total. The molecular formula is C14H20O2. The molecule has 2 rings (SSSR count). The van der Waals surface area contributed by atoms with E-state index < -0.39 is 0 Å². The highest BCUT2D eigenvalue weighted by atomic mass is 16.5. The molecule has 1 saturated carbocycles. The summed E-state index contributed by atoms with van der Waals surface area (Å²) in [7, 11) is 0.